The second-order valence-corrected chi connectivity index (χ2v) is 4.56. The van der Waals surface area contributed by atoms with Gasteiger partial charge in [-0.3, -0.25) is 4.99 Å². The van der Waals surface area contributed by atoms with E-state index < -0.39 is 12.6 Å². The topological polar surface area (TPSA) is 36.4 Å². The number of hydrogen-bond donors (Lipinski definition) is 2. The maximum Gasteiger partial charge on any atom is 0.389 e. The molecule has 0 heterocycles. The van der Waals surface area contributed by atoms with E-state index in [4.69, 9.17) is 0 Å². The minimum atomic E-state index is -4.04. The number of rotatable bonds is 9. The van der Waals surface area contributed by atoms with Crippen LogP contribution in [0.15, 0.2) is 4.99 Å². The molecule has 122 valence electrons. The van der Waals surface area contributed by atoms with Gasteiger partial charge >= 0.3 is 6.18 Å². The van der Waals surface area contributed by atoms with Crippen LogP contribution in [0.2, 0.25) is 0 Å². The molecule has 0 radical (unpaired) electrons. The smallest absolute Gasteiger partial charge is 0.356 e. The Morgan fingerprint density at radius 1 is 0.950 bits per heavy atom. The van der Waals surface area contributed by atoms with Crippen molar-refractivity contribution in [3.05, 3.63) is 0 Å². The molecule has 0 aliphatic heterocycles. The largest absolute Gasteiger partial charge is 0.389 e. The van der Waals surface area contributed by atoms with Gasteiger partial charge in [0.15, 0.2) is 5.96 Å². The first-order valence-electron chi connectivity index (χ1n) is 7.01. The van der Waals surface area contributed by atoms with E-state index in [9.17, 15) is 13.2 Å². The number of hydrogen-bond acceptors (Lipinski definition) is 1. The molecule has 0 aromatic rings. The molecule has 2 N–H and O–H groups in total. The minimum absolute atomic E-state index is 0. The fourth-order valence-electron chi connectivity index (χ4n) is 1.64. The lowest BCUT2D eigenvalue weighted by Gasteiger charge is -2.12. The third kappa shape index (κ3) is 15.8. The Bertz CT molecular complexity index is 246. The number of nitrogens with zero attached hydrogens (tertiary/aromatic N) is 1. The molecule has 7 heteroatoms. The number of halogens is 4. The van der Waals surface area contributed by atoms with Crippen molar-refractivity contribution in [1.29, 1.82) is 0 Å². The van der Waals surface area contributed by atoms with Crippen molar-refractivity contribution in [3.63, 3.8) is 0 Å². The Kier molecular flexibility index (Phi) is 15.2. The van der Waals surface area contributed by atoms with Crippen LogP contribution in [0.1, 0.15) is 51.9 Å². The van der Waals surface area contributed by atoms with Crippen molar-refractivity contribution in [2.24, 2.45) is 4.99 Å². The molecule has 0 atom stereocenters. The zero-order valence-electron chi connectivity index (χ0n) is 12.4. The molecule has 0 saturated carbocycles. The predicted octanol–water partition coefficient (Wildman–Crippen LogP) is 4.08. The summed E-state index contributed by atoms with van der Waals surface area (Å²) in [7, 11) is 1.66. The van der Waals surface area contributed by atoms with E-state index in [1.54, 1.807) is 7.05 Å². The molecule has 0 aromatic heterocycles. The first-order valence-corrected chi connectivity index (χ1v) is 7.01. The SMILES string of the molecule is CCCCCCNC(=NC)NCCCCC(F)(F)F.I. The zero-order valence-corrected chi connectivity index (χ0v) is 14.7. The molecule has 3 nitrogen and oxygen atoms in total. The van der Waals surface area contributed by atoms with E-state index in [0.717, 1.165) is 13.0 Å². The fraction of sp³-hybridized carbons (Fsp3) is 0.923. The highest BCUT2D eigenvalue weighted by molar-refractivity contribution is 14.0. The van der Waals surface area contributed by atoms with Gasteiger partial charge < -0.3 is 10.6 Å². The van der Waals surface area contributed by atoms with Gasteiger partial charge in [0.2, 0.25) is 0 Å². The van der Waals surface area contributed by atoms with Gasteiger partial charge in [-0.15, -0.1) is 24.0 Å². The summed E-state index contributed by atoms with van der Waals surface area (Å²) >= 11 is 0. The standard InChI is InChI=1S/C13H26F3N3.HI/c1-3-4-5-7-10-18-12(17-2)19-11-8-6-9-13(14,15)16;/h3-11H2,1-2H3,(H2,17,18,19);1H. The van der Waals surface area contributed by atoms with Gasteiger partial charge in [-0.1, -0.05) is 26.2 Å². The average Bonchev–Trinajstić information content (AvgIpc) is 2.34. The van der Waals surface area contributed by atoms with E-state index in [1.807, 2.05) is 0 Å². The Morgan fingerprint density at radius 2 is 1.50 bits per heavy atom. The summed E-state index contributed by atoms with van der Waals surface area (Å²) in [6, 6.07) is 0. The van der Waals surface area contributed by atoms with Crippen molar-refractivity contribution in [3.8, 4) is 0 Å². The van der Waals surface area contributed by atoms with Crippen molar-refractivity contribution in [2.45, 2.75) is 58.0 Å². The zero-order chi connectivity index (χ0) is 14.6. The highest BCUT2D eigenvalue weighted by Gasteiger charge is 2.25. The van der Waals surface area contributed by atoms with Crippen LogP contribution in [0.4, 0.5) is 13.2 Å². The quantitative estimate of drug-likeness (QED) is 0.261. The van der Waals surface area contributed by atoms with E-state index >= 15 is 0 Å². The molecular weight excluding hydrogens is 382 g/mol. The minimum Gasteiger partial charge on any atom is -0.356 e. The number of unbranched alkanes of at least 4 members (excludes halogenated alkanes) is 4. The second-order valence-electron chi connectivity index (χ2n) is 4.56. The van der Waals surface area contributed by atoms with Gasteiger partial charge in [0, 0.05) is 26.6 Å². The maximum atomic E-state index is 11.9. The van der Waals surface area contributed by atoms with Gasteiger partial charge in [-0.2, -0.15) is 13.2 Å². The number of alkyl halides is 3. The summed E-state index contributed by atoms with van der Waals surface area (Å²) in [6.45, 7) is 3.53. The molecular formula is C13H27F3IN3. The third-order valence-corrected chi connectivity index (χ3v) is 2.73. The lowest BCUT2D eigenvalue weighted by atomic mass is 10.2. The van der Waals surface area contributed by atoms with Crippen LogP contribution in [-0.4, -0.2) is 32.3 Å². The van der Waals surface area contributed by atoms with E-state index in [1.165, 1.54) is 19.3 Å². The molecule has 0 rings (SSSR count). The predicted molar refractivity (Wildman–Crippen MR) is 88.8 cm³/mol. The molecule has 0 aromatic carbocycles. The lowest BCUT2D eigenvalue weighted by molar-refractivity contribution is -0.135. The third-order valence-electron chi connectivity index (χ3n) is 2.73. The van der Waals surface area contributed by atoms with Crippen LogP contribution in [0.5, 0.6) is 0 Å². The van der Waals surface area contributed by atoms with Gasteiger partial charge in [0.25, 0.3) is 0 Å². The molecule has 0 spiro atoms. The Hall–Kier alpha value is -0.210. The Balaban J connectivity index is 0. The van der Waals surface area contributed by atoms with E-state index in [-0.39, 0.29) is 30.4 Å². The summed E-state index contributed by atoms with van der Waals surface area (Å²) in [5.74, 6) is 0.670. The van der Waals surface area contributed by atoms with Crippen molar-refractivity contribution in [1.82, 2.24) is 10.6 Å². The summed E-state index contributed by atoms with van der Waals surface area (Å²) in [4.78, 5) is 4.02. The Morgan fingerprint density at radius 3 is 1.95 bits per heavy atom. The normalized spacial score (nSPS) is 11.9. The molecule has 0 fully saturated rings. The summed E-state index contributed by atoms with van der Waals surface area (Å²) in [5, 5.41) is 6.17. The first kappa shape index (κ1) is 22.1. The fourth-order valence-corrected chi connectivity index (χ4v) is 1.64. The number of aliphatic imine (C=N–C) groups is 1. The van der Waals surface area contributed by atoms with Crippen LogP contribution in [0.3, 0.4) is 0 Å². The van der Waals surface area contributed by atoms with Crippen LogP contribution in [-0.2, 0) is 0 Å². The van der Waals surface area contributed by atoms with Crippen LogP contribution in [0, 0.1) is 0 Å². The first-order chi connectivity index (χ1) is 8.99. The summed E-state index contributed by atoms with van der Waals surface area (Å²) in [6.07, 6.45) is 0.600. The Labute approximate surface area is 137 Å². The molecule has 0 amide bonds. The number of nitrogens with one attached hydrogen (secondary N) is 2. The number of guanidine groups is 1. The highest BCUT2D eigenvalue weighted by Crippen LogP contribution is 2.21. The van der Waals surface area contributed by atoms with Gasteiger partial charge in [0.05, 0.1) is 0 Å². The van der Waals surface area contributed by atoms with E-state index in [2.05, 4.69) is 22.5 Å². The molecule has 20 heavy (non-hydrogen) atoms. The van der Waals surface area contributed by atoms with Crippen molar-refractivity contribution < 1.29 is 13.2 Å². The summed E-state index contributed by atoms with van der Waals surface area (Å²) < 4.78 is 35.8. The van der Waals surface area contributed by atoms with E-state index in [0.29, 0.717) is 18.9 Å². The van der Waals surface area contributed by atoms with Crippen LogP contribution < -0.4 is 10.6 Å². The summed E-state index contributed by atoms with van der Waals surface area (Å²) in [5.41, 5.74) is 0. The maximum absolute atomic E-state index is 11.9. The van der Waals surface area contributed by atoms with Crippen molar-refractivity contribution in [2.75, 3.05) is 20.1 Å². The van der Waals surface area contributed by atoms with Crippen LogP contribution >= 0.6 is 24.0 Å². The van der Waals surface area contributed by atoms with Gasteiger partial charge in [-0.25, -0.2) is 0 Å². The lowest BCUT2D eigenvalue weighted by Crippen LogP contribution is -2.38. The molecule has 0 bridgehead atoms. The average molecular weight is 409 g/mol. The molecule has 0 aliphatic rings. The highest BCUT2D eigenvalue weighted by atomic mass is 127. The molecule has 0 unspecified atom stereocenters. The van der Waals surface area contributed by atoms with Gasteiger partial charge in [0.1, 0.15) is 0 Å². The monoisotopic (exact) mass is 409 g/mol. The molecule has 0 saturated heterocycles. The molecule has 0 aliphatic carbocycles. The second kappa shape index (κ2) is 13.8. The van der Waals surface area contributed by atoms with Crippen molar-refractivity contribution >= 4 is 29.9 Å². The van der Waals surface area contributed by atoms with Gasteiger partial charge in [-0.05, 0) is 19.3 Å². The van der Waals surface area contributed by atoms with Crippen LogP contribution in [0.25, 0.3) is 0 Å².